The molecule has 1 aromatic rings. The fourth-order valence-corrected chi connectivity index (χ4v) is 1.34. The monoisotopic (exact) mass is 230 g/mol. The Kier molecular flexibility index (Phi) is 4.99. The molecule has 0 radical (unpaired) electrons. The number of halogens is 3. The first-order valence-corrected chi connectivity index (χ1v) is 4.52. The van der Waals surface area contributed by atoms with E-state index in [1.54, 1.807) is 19.1 Å². The van der Waals surface area contributed by atoms with Crippen LogP contribution in [0.25, 0.3) is 0 Å². The lowest BCUT2D eigenvalue weighted by Crippen LogP contribution is -2.09. The zero-order valence-electron chi connectivity index (χ0n) is 9.31. The summed E-state index contributed by atoms with van der Waals surface area (Å²) >= 11 is 0. The van der Waals surface area contributed by atoms with Crippen molar-refractivity contribution in [2.75, 3.05) is 7.05 Å². The van der Waals surface area contributed by atoms with Gasteiger partial charge in [0.1, 0.15) is 6.07 Å². The van der Waals surface area contributed by atoms with Gasteiger partial charge < -0.3 is 5.73 Å². The Labute approximate surface area is 92.5 Å². The number of hydrogen-bond acceptors (Lipinski definition) is 2. The number of rotatable bonds is 0. The molecule has 0 spiro atoms. The third-order valence-corrected chi connectivity index (χ3v) is 1.90. The molecule has 0 unspecified atom stereocenters. The average Bonchev–Trinajstić information content (AvgIpc) is 2.18. The number of alkyl halides is 3. The van der Waals surface area contributed by atoms with Gasteiger partial charge in [-0.15, -0.1) is 0 Å². The molecule has 2 nitrogen and oxygen atoms in total. The van der Waals surface area contributed by atoms with Gasteiger partial charge in [0.05, 0.1) is 11.1 Å². The molecule has 0 atom stereocenters. The first-order chi connectivity index (χ1) is 7.36. The summed E-state index contributed by atoms with van der Waals surface area (Å²) in [6.07, 6.45) is -4.46. The molecule has 1 rings (SSSR count). The lowest BCUT2D eigenvalue weighted by molar-refractivity contribution is -0.137. The summed E-state index contributed by atoms with van der Waals surface area (Å²) in [7, 11) is 1.50. The Morgan fingerprint density at radius 2 is 1.69 bits per heavy atom. The number of nitriles is 1. The largest absolute Gasteiger partial charge is 0.417 e. The molecule has 0 aromatic heterocycles. The molecule has 0 aliphatic heterocycles. The summed E-state index contributed by atoms with van der Waals surface area (Å²) in [4.78, 5) is 0. The van der Waals surface area contributed by atoms with Crippen molar-refractivity contribution in [1.29, 1.82) is 5.26 Å². The Morgan fingerprint density at radius 3 is 2.06 bits per heavy atom. The molecule has 0 amide bonds. The van der Waals surface area contributed by atoms with Crippen LogP contribution < -0.4 is 5.73 Å². The second-order valence-corrected chi connectivity index (χ2v) is 3.11. The Balaban J connectivity index is 0.00000106. The molecular formula is C11H13F3N2. The minimum Gasteiger partial charge on any atom is -0.333 e. The fraction of sp³-hybridized carbons (Fsp3) is 0.364. The zero-order valence-corrected chi connectivity index (χ0v) is 9.31. The van der Waals surface area contributed by atoms with Crippen molar-refractivity contribution in [3.63, 3.8) is 0 Å². The van der Waals surface area contributed by atoms with Crippen LogP contribution in [-0.4, -0.2) is 7.05 Å². The van der Waals surface area contributed by atoms with Gasteiger partial charge >= 0.3 is 6.18 Å². The predicted octanol–water partition coefficient (Wildman–Crippen LogP) is 2.77. The van der Waals surface area contributed by atoms with Crippen LogP contribution in [0.3, 0.4) is 0 Å². The first kappa shape index (κ1) is 14.5. The Bertz CT molecular complexity index is 403. The maximum absolute atomic E-state index is 12.4. The normalized spacial score (nSPS) is 10.1. The average molecular weight is 230 g/mol. The van der Waals surface area contributed by atoms with E-state index in [-0.39, 0.29) is 5.56 Å². The molecule has 0 aliphatic carbocycles. The minimum absolute atomic E-state index is 0.289. The SMILES string of the molecule is CN.Cc1cc(C)c(C#N)c(C(F)(F)F)c1. The number of hydrogen-bond donors (Lipinski definition) is 1. The summed E-state index contributed by atoms with van der Waals surface area (Å²) < 4.78 is 37.3. The van der Waals surface area contributed by atoms with Gasteiger partial charge in [-0.05, 0) is 32.5 Å². The Hall–Kier alpha value is -1.54. The van der Waals surface area contributed by atoms with E-state index in [0.29, 0.717) is 11.1 Å². The van der Waals surface area contributed by atoms with Crippen molar-refractivity contribution in [1.82, 2.24) is 0 Å². The van der Waals surface area contributed by atoms with E-state index in [1.807, 2.05) is 0 Å². The summed E-state index contributed by atoms with van der Waals surface area (Å²) in [5.41, 5.74) is 4.23. The highest BCUT2D eigenvalue weighted by Gasteiger charge is 2.34. The van der Waals surface area contributed by atoms with Crippen LogP contribution >= 0.6 is 0 Å². The van der Waals surface area contributed by atoms with E-state index < -0.39 is 11.7 Å². The van der Waals surface area contributed by atoms with Crippen molar-refractivity contribution < 1.29 is 13.2 Å². The topological polar surface area (TPSA) is 49.8 Å². The molecule has 0 saturated carbocycles. The van der Waals surface area contributed by atoms with E-state index in [1.165, 1.54) is 14.0 Å². The summed E-state index contributed by atoms with van der Waals surface area (Å²) in [6, 6.07) is 4.13. The maximum Gasteiger partial charge on any atom is 0.417 e. The van der Waals surface area contributed by atoms with Crippen LogP contribution in [-0.2, 0) is 6.18 Å². The standard InChI is InChI=1S/C10H8F3N.CH5N/c1-6-3-7(2)8(5-14)9(4-6)10(11,12)13;1-2/h3-4H,1-2H3;2H2,1H3. The van der Waals surface area contributed by atoms with Crippen LogP contribution in [0.4, 0.5) is 13.2 Å². The second-order valence-electron chi connectivity index (χ2n) is 3.11. The van der Waals surface area contributed by atoms with Gasteiger partial charge in [0, 0.05) is 0 Å². The van der Waals surface area contributed by atoms with Gasteiger partial charge in [0.25, 0.3) is 0 Å². The van der Waals surface area contributed by atoms with E-state index >= 15 is 0 Å². The molecule has 1 aromatic carbocycles. The molecular weight excluding hydrogens is 217 g/mol. The van der Waals surface area contributed by atoms with Gasteiger partial charge in [-0.3, -0.25) is 0 Å². The van der Waals surface area contributed by atoms with Gasteiger partial charge in [0.15, 0.2) is 0 Å². The van der Waals surface area contributed by atoms with Crippen LogP contribution in [0.15, 0.2) is 12.1 Å². The Morgan fingerprint density at radius 1 is 1.19 bits per heavy atom. The summed E-state index contributed by atoms with van der Waals surface area (Å²) in [5, 5.41) is 8.60. The first-order valence-electron chi connectivity index (χ1n) is 4.52. The fourth-order valence-electron chi connectivity index (χ4n) is 1.34. The number of nitrogens with two attached hydrogens (primary N) is 1. The lowest BCUT2D eigenvalue weighted by atomic mass is 9.99. The molecule has 5 heteroatoms. The molecule has 16 heavy (non-hydrogen) atoms. The van der Waals surface area contributed by atoms with Gasteiger partial charge in [-0.1, -0.05) is 11.6 Å². The summed E-state index contributed by atoms with van der Waals surface area (Å²) in [5.74, 6) is 0. The van der Waals surface area contributed by atoms with Gasteiger partial charge in [-0.25, -0.2) is 0 Å². The van der Waals surface area contributed by atoms with Crippen LogP contribution in [0.1, 0.15) is 22.3 Å². The highest BCUT2D eigenvalue weighted by molar-refractivity contribution is 5.47. The summed E-state index contributed by atoms with van der Waals surface area (Å²) in [6.45, 7) is 3.07. The molecule has 0 bridgehead atoms. The number of benzene rings is 1. The molecule has 0 fully saturated rings. The van der Waals surface area contributed by atoms with Gasteiger partial charge in [0.2, 0.25) is 0 Å². The second kappa shape index (κ2) is 5.52. The van der Waals surface area contributed by atoms with Gasteiger partial charge in [-0.2, -0.15) is 18.4 Å². The van der Waals surface area contributed by atoms with Crippen molar-refractivity contribution in [3.8, 4) is 6.07 Å². The third-order valence-electron chi connectivity index (χ3n) is 1.90. The highest BCUT2D eigenvalue weighted by atomic mass is 19.4. The maximum atomic E-state index is 12.4. The quantitative estimate of drug-likeness (QED) is 0.745. The molecule has 0 heterocycles. The van der Waals surface area contributed by atoms with Crippen LogP contribution in [0.5, 0.6) is 0 Å². The van der Waals surface area contributed by atoms with Crippen molar-refractivity contribution in [3.05, 3.63) is 34.4 Å². The predicted molar refractivity (Wildman–Crippen MR) is 55.7 cm³/mol. The van der Waals surface area contributed by atoms with E-state index in [9.17, 15) is 13.2 Å². The van der Waals surface area contributed by atoms with Crippen molar-refractivity contribution in [2.45, 2.75) is 20.0 Å². The smallest absolute Gasteiger partial charge is 0.333 e. The van der Waals surface area contributed by atoms with Crippen LogP contribution in [0.2, 0.25) is 0 Å². The van der Waals surface area contributed by atoms with E-state index in [4.69, 9.17) is 5.26 Å². The molecule has 0 aliphatic rings. The zero-order chi connectivity index (χ0) is 12.9. The number of nitrogens with zero attached hydrogens (tertiary/aromatic N) is 1. The molecule has 88 valence electrons. The highest BCUT2D eigenvalue weighted by Crippen LogP contribution is 2.33. The van der Waals surface area contributed by atoms with Crippen molar-refractivity contribution in [2.24, 2.45) is 5.73 Å². The van der Waals surface area contributed by atoms with Crippen molar-refractivity contribution >= 4 is 0 Å². The number of aryl methyl sites for hydroxylation is 2. The minimum atomic E-state index is -4.46. The van der Waals surface area contributed by atoms with E-state index in [0.717, 1.165) is 6.07 Å². The molecule has 0 saturated heterocycles. The van der Waals surface area contributed by atoms with Crippen LogP contribution in [0, 0.1) is 25.2 Å². The molecule has 2 N–H and O–H groups in total. The van der Waals surface area contributed by atoms with E-state index in [2.05, 4.69) is 5.73 Å². The lowest BCUT2D eigenvalue weighted by Gasteiger charge is -2.11. The third kappa shape index (κ3) is 3.24.